The smallest absolute Gasteiger partial charge is 0.248 e. The third kappa shape index (κ3) is 5.27. The number of carbonyl (C=O) groups excluding carboxylic acids is 2. The molecule has 0 bridgehead atoms. The Bertz CT molecular complexity index is 1090. The molecule has 1 atom stereocenters. The van der Waals surface area contributed by atoms with E-state index in [-0.39, 0.29) is 18.2 Å². The summed E-state index contributed by atoms with van der Waals surface area (Å²) in [5.41, 5.74) is 4.87. The van der Waals surface area contributed by atoms with Gasteiger partial charge in [0.25, 0.3) is 0 Å². The highest BCUT2D eigenvalue weighted by atomic mass is 35.5. The lowest BCUT2D eigenvalue weighted by molar-refractivity contribution is -0.119. The lowest BCUT2D eigenvalue weighted by Gasteiger charge is -2.16. The van der Waals surface area contributed by atoms with Crippen molar-refractivity contribution in [3.8, 4) is 0 Å². The molecule has 0 saturated carbocycles. The predicted molar refractivity (Wildman–Crippen MR) is 120 cm³/mol. The standard InChI is InChI=1S/C23H25ClN4O2/c1-14-6-5-7-18(10-14)12-22(29)25-19-8-9-21(20(24)13-19)26-23(30)17(4)28-16(3)11-15(2)27-28/h5-11,13,17H,12H2,1-4H3,(H,25,29)(H,26,30). The first-order valence-electron chi connectivity index (χ1n) is 9.71. The van der Waals surface area contributed by atoms with Crippen LogP contribution in [0.5, 0.6) is 0 Å². The maximum atomic E-state index is 12.6. The van der Waals surface area contributed by atoms with E-state index in [1.807, 2.05) is 51.1 Å². The highest BCUT2D eigenvalue weighted by Gasteiger charge is 2.19. The van der Waals surface area contributed by atoms with Crippen LogP contribution in [0.25, 0.3) is 0 Å². The first-order valence-corrected chi connectivity index (χ1v) is 10.1. The molecular formula is C23H25ClN4O2. The van der Waals surface area contributed by atoms with Crippen molar-refractivity contribution >= 4 is 34.8 Å². The van der Waals surface area contributed by atoms with Crippen molar-refractivity contribution in [2.75, 3.05) is 10.6 Å². The number of benzene rings is 2. The monoisotopic (exact) mass is 424 g/mol. The van der Waals surface area contributed by atoms with Gasteiger partial charge in [-0.3, -0.25) is 14.3 Å². The number of nitrogens with zero attached hydrogens (tertiary/aromatic N) is 2. The first-order chi connectivity index (χ1) is 14.2. The summed E-state index contributed by atoms with van der Waals surface area (Å²) in [5, 5.41) is 10.4. The zero-order chi connectivity index (χ0) is 21.8. The summed E-state index contributed by atoms with van der Waals surface area (Å²) >= 11 is 6.34. The molecular weight excluding hydrogens is 400 g/mol. The molecule has 1 aromatic heterocycles. The zero-order valence-corrected chi connectivity index (χ0v) is 18.2. The van der Waals surface area contributed by atoms with Crippen molar-refractivity contribution in [1.29, 1.82) is 0 Å². The summed E-state index contributed by atoms with van der Waals surface area (Å²) in [6.45, 7) is 7.56. The number of anilines is 2. The molecule has 1 unspecified atom stereocenters. The zero-order valence-electron chi connectivity index (χ0n) is 17.5. The lowest BCUT2D eigenvalue weighted by atomic mass is 10.1. The molecule has 156 valence electrons. The molecule has 1 heterocycles. The first kappa shape index (κ1) is 21.6. The molecule has 0 saturated heterocycles. The summed E-state index contributed by atoms with van der Waals surface area (Å²) < 4.78 is 1.68. The van der Waals surface area contributed by atoms with Gasteiger partial charge < -0.3 is 10.6 Å². The van der Waals surface area contributed by atoms with Crippen LogP contribution < -0.4 is 10.6 Å². The van der Waals surface area contributed by atoms with Crippen LogP contribution in [0.3, 0.4) is 0 Å². The van der Waals surface area contributed by atoms with Crippen LogP contribution in [0.4, 0.5) is 11.4 Å². The Labute approximate surface area is 181 Å². The van der Waals surface area contributed by atoms with Crippen LogP contribution in [0, 0.1) is 20.8 Å². The Balaban J connectivity index is 1.64. The van der Waals surface area contributed by atoms with Crippen molar-refractivity contribution in [2.45, 2.75) is 40.2 Å². The molecule has 0 spiro atoms. The van der Waals surface area contributed by atoms with Crippen LogP contribution in [-0.4, -0.2) is 21.6 Å². The SMILES string of the molecule is Cc1cccc(CC(=O)Nc2ccc(NC(=O)C(C)n3nc(C)cc3C)c(Cl)c2)c1. The average molecular weight is 425 g/mol. The molecule has 0 radical (unpaired) electrons. The van der Waals surface area contributed by atoms with E-state index in [0.29, 0.717) is 16.4 Å². The second kappa shape index (κ2) is 9.13. The molecule has 2 amide bonds. The third-order valence-electron chi connectivity index (χ3n) is 4.75. The molecule has 0 aliphatic rings. The number of rotatable bonds is 6. The van der Waals surface area contributed by atoms with E-state index in [1.165, 1.54) is 0 Å². The number of aryl methyl sites for hydroxylation is 3. The maximum absolute atomic E-state index is 12.6. The molecule has 0 aliphatic heterocycles. The van der Waals surface area contributed by atoms with Gasteiger partial charge in [-0.05, 0) is 57.5 Å². The molecule has 0 fully saturated rings. The van der Waals surface area contributed by atoms with Gasteiger partial charge in [-0.25, -0.2) is 0 Å². The van der Waals surface area contributed by atoms with Crippen molar-refractivity contribution in [2.24, 2.45) is 0 Å². The minimum Gasteiger partial charge on any atom is -0.326 e. The quantitative estimate of drug-likeness (QED) is 0.594. The lowest BCUT2D eigenvalue weighted by Crippen LogP contribution is -2.25. The van der Waals surface area contributed by atoms with Crippen LogP contribution in [0.1, 0.15) is 35.5 Å². The molecule has 3 aromatic rings. The summed E-state index contributed by atoms with van der Waals surface area (Å²) in [6.07, 6.45) is 0.276. The largest absolute Gasteiger partial charge is 0.326 e. The summed E-state index contributed by atoms with van der Waals surface area (Å²) in [5.74, 6) is -0.356. The molecule has 6 nitrogen and oxygen atoms in total. The third-order valence-corrected chi connectivity index (χ3v) is 5.06. The van der Waals surface area contributed by atoms with E-state index < -0.39 is 6.04 Å². The molecule has 2 aromatic carbocycles. The van der Waals surface area contributed by atoms with Gasteiger partial charge >= 0.3 is 0 Å². The summed E-state index contributed by atoms with van der Waals surface area (Å²) in [4.78, 5) is 24.9. The second-order valence-electron chi connectivity index (χ2n) is 7.45. The Morgan fingerprint density at radius 1 is 1.07 bits per heavy atom. The normalized spacial score (nSPS) is 11.8. The van der Waals surface area contributed by atoms with Crippen LogP contribution in [0.15, 0.2) is 48.5 Å². The molecule has 0 aliphatic carbocycles. The minimum absolute atomic E-state index is 0.133. The second-order valence-corrected chi connectivity index (χ2v) is 7.85. The minimum atomic E-state index is -0.483. The van der Waals surface area contributed by atoms with Crippen molar-refractivity contribution < 1.29 is 9.59 Å². The van der Waals surface area contributed by atoms with Gasteiger partial charge in [0.2, 0.25) is 11.8 Å². The number of amides is 2. The predicted octanol–water partition coefficient (Wildman–Crippen LogP) is 4.84. The fraction of sp³-hybridized carbons (Fsp3) is 0.261. The molecule has 2 N–H and O–H groups in total. The Hall–Kier alpha value is -3.12. The number of nitrogens with one attached hydrogen (secondary N) is 2. The van der Waals surface area contributed by atoms with E-state index in [1.54, 1.807) is 29.8 Å². The molecule has 30 heavy (non-hydrogen) atoms. The van der Waals surface area contributed by atoms with Crippen molar-refractivity contribution in [3.05, 3.63) is 76.1 Å². The van der Waals surface area contributed by atoms with Gasteiger partial charge in [0.15, 0.2) is 0 Å². The Morgan fingerprint density at radius 3 is 2.47 bits per heavy atom. The number of halogens is 1. The Kier molecular flexibility index (Phi) is 6.57. The van der Waals surface area contributed by atoms with Gasteiger partial charge in [-0.2, -0.15) is 5.10 Å². The number of carbonyl (C=O) groups is 2. The fourth-order valence-electron chi connectivity index (χ4n) is 3.29. The summed E-state index contributed by atoms with van der Waals surface area (Å²) in [6, 6.07) is 14.3. The highest BCUT2D eigenvalue weighted by molar-refractivity contribution is 6.34. The van der Waals surface area contributed by atoms with Crippen molar-refractivity contribution in [1.82, 2.24) is 9.78 Å². The van der Waals surface area contributed by atoms with E-state index in [0.717, 1.165) is 22.5 Å². The van der Waals surface area contributed by atoms with Crippen LogP contribution in [-0.2, 0) is 16.0 Å². The fourth-order valence-corrected chi connectivity index (χ4v) is 3.52. The maximum Gasteiger partial charge on any atom is 0.248 e. The van der Waals surface area contributed by atoms with Gasteiger partial charge in [-0.1, -0.05) is 41.4 Å². The van der Waals surface area contributed by atoms with Crippen molar-refractivity contribution in [3.63, 3.8) is 0 Å². The van der Waals surface area contributed by atoms with Gasteiger partial charge in [0.1, 0.15) is 6.04 Å². The van der Waals surface area contributed by atoms with Crippen LogP contribution in [0.2, 0.25) is 5.02 Å². The number of hydrogen-bond acceptors (Lipinski definition) is 3. The molecule has 7 heteroatoms. The molecule has 3 rings (SSSR count). The Morgan fingerprint density at radius 2 is 1.83 bits per heavy atom. The van der Waals surface area contributed by atoms with Gasteiger partial charge in [0, 0.05) is 11.4 Å². The number of hydrogen-bond donors (Lipinski definition) is 2. The topological polar surface area (TPSA) is 76.0 Å². The average Bonchev–Trinajstić information content (AvgIpc) is 3.01. The van der Waals surface area contributed by atoms with Gasteiger partial charge in [-0.15, -0.1) is 0 Å². The van der Waals surface area contributed by atoms with E-state index in [2.05, 4.69) is 15.7 Å². The number of aromatic nitrogens is 2. The highest BCUT2D eigenvalue weighted by Crippen LogP contribution is 2.26. The van der Waals surface area contributed by atoms with E-state index in [4.69, 9.17) is 11.6 Å². The van der Waals surface area contributed by atoms with E-state index >= 15 is 0 Å². The van der Waals surface area contributed by atoms with E-state index in [9.17, 15) is 9.59 Å². The van der Waals surface area contributed by atoms with Crippen LogP contribution >= 0.6 is 11.6 Å². The van der Waals surface area contributed by atoms with Gasteiger partial charge in [0.05, 0.1) is 22.8 Å². The summed E-state index contributed by atoms with van der Waals surface area (Å²) in [7, 11) is 0.